The highest BCUT2D eigenvalue weighted by Crippen LogP contribution is 2.39. The minimum absolute atomic E-state index is 0.0710. The van der Waals surface area contributed by atoms with Crippen molar-refractivity contribution in [3.8, 4) is 17.2 Å². The zero-order valence-electron chi connectivity index (χ0n) is 21.0. The predicted molar refractivity (Wildman–Crippen MR) is 143 cm³/mol. The lowest BCUT2D eigenvalue weighted by Crippen LogP contribution is -2.36. The minimum atomic E-state index is -4.41. The third-order valence-electron chi connectivity index (χ3n) is 5.92. The van der Waals surface area contributed by atoms with Gasteiger partial charge in [-0.2, -0.15) is 0 Å². The van der Waals surface area contributed by atoms with E-state index in [-0.39, 0.29) is 22.1 Å². The number of rotatable bonds is 11. The number of sulfonamides is 1. The van der Waals surface area contributed by atoms with E-state index in [1.165, 1.54) is 44.6 Å². The van der Waals surface area contributed by atoms with Gasteiger partial charge in [0.1, 0.15) is 12.3 Å². The molecule has 1 unspecified atom stereocenters. The van der Waals surface area contributed by atoms with Gasteiger partial charge in [-0.25, -0.2) is 13.2 Å². The molecule has 0 saturated heterocycles. The average Bonchev–Trinajstić information content (AvgIpc) is 2.94. The second-order valence-electron chi connectivity index (χ2n) is 8.30. The molecule has 1 atom stereocenters. The molecule has 2 N–H and O–H groups in total. The summed E-state index contributed by atoms with van der Waals surface area (Å²) in [6.07, 6.45) is -1.33. The van der Waals surface area contributed by atoms with Gasteiger partial charge in [0, 0.05) is 22.4 Å². The maximum Gasteiger partial charge on any atom is 0.349 e. The Bertz CT molecular complexity index is 1620. The number of carboxylic acids is 2. The van der Waals surface area contributed by atoms with Crippen molar-refractivity contribution >= 4 is 38.4 Å². The number of anilines is 1. The number of fused-ring (bicyclic) bond motifs is 1. The van der Waals surface area contributed by atoms with Gasteiger partial charge in [0.2, 0.25) is 6.10 Å². The summed E-state index contributed by atoms with van der Waals surface area (Å²) in [5, 5.41) is 20.2. The maximum absolute atomic E-state index is 13.8. The lowest BCUT2D eigenvalue weighted by molar-refractivity contribution is -0.145. The molecule has 0 amide bonds. The first-order valence-corrected chi connectivity index (χ1v) is 13.0. The Morgan fingerprint density at radius 3 is 2.03 bits per heavy atom. The highest BCUT2D eigenvalue weighted by Gasteiger charge is 2.30. The second-order valence-corrected chi connectivity index (χ2v) is 10.2. The molecule has 11 heteroatoms. The van der Waals surface area contributed by atoms with Gasteiger partial charge >= 0.3 is 11.9 Å². The Morgan fingerprint density at radius 2 is 1.41 bits per heavy atom. The van der Waals surface area contributed by atoms with Gasteiger partial charge in [0.05, 0.1) is 24.8 Å². The van der Waals surface area contributed by atoms with E-state index in [0.717, 1.165) is 4.31 Å². The van der Waals surface area contributed by atoms with Crippen molar-refractivity contribution in [1.29, 1.82) is 0 Å². The first-order valence-electron chi connectivity index (χ1n) is 11.6. The maximum atomic E-state index is 13.8. The van der Waals surface area contributed by atoms with E-state index >= 15 is 0 Å². The van der Waals surface area contributed by atoms with Crippen molar-refractivity contribution in [3.05, 3.63) is 90.5 Å². The number of benzene rings is 4. The molecule has 0 saturated carbocycles. The number of methoxy groups -OCH3 is 2. The van der Waals surface area contributed by atoms with E-state index in [2.05, 4.69) is 0 Å². The molecule has 202 valence electrons. The summed E-state index contributed by atoms with van der Waals surface area (Å²) in [5.41, 5.74) is 0.489. The summed E-state index contributed by atoms with van der Waals surface area (Å²) in [4.78, 5) is 23.6. The predicted octanol–water partition coefficient (Wildman–Crippen LogP) is 4.34. The van der Waals surface area contributed by atoms with Crippen LogP contribution in [0.4, 0.5) is 5.69 Å². The molecule has 0 heterocycles. The van der Waals surface area contributed by atoms with Crippen LogP contribution in [0.15, 0.2) is 89.8 Å². The third-order valence-corrected chi connectivity index (χ3v) is 7.68. The molecule has 4 rings (SSSR count). The number of hydrogen-bond acceptors (Lipinski definition) is 7. The zero-order chi connectivity index (χ0) is 28.2. The smallest absolute Gasteiger partial charge is 0.349 e. The van der Waals surface area contributed by atoms with Crippen molar-refractivity contribution in [1.82, 2.24) is 0 Å². The van der Waals surface area contributed by atoms with Crippen LogP contribution in [-0.2, 0) is 19.6 Å². The zero-order valence-corrected chi connectivity index (χ0v) is 21.8. The van der Waals surface area contributed by atoms with Gasteiger partial charge < -0.3 is 24.4 Å². The summed E-state index contributed by atoms with van der Waals surface area (Å²) in [6.45, 7) is -0.872. The number of carbonyl (C=O) groups is 2. The average molecular weight is 552 g/mol. The summed E-state index contributed by atoms with van der Waals surface area (Å²) in [5.74, 6) is -1.94. The molecule has 4 aromatic rings. The number of carboxylic acid groups (broad SMARTS) is 2. The van der Waals surface area contributed by atoms with E-state index in [9.17, 15) is 28.2 Å². The quantitative estimate of drug-likeness (QED) is 0.279. The van der Waals surface area contributed by atoms with Crippen LogP contribution in [0.25, 0.3) is 10.8 Å². The van der Waals surface area contributed by atoms with Gasteiger partial charge in [-0.3, -0.25) is 9.10 Å². The highest BCUT2D eigenvalue weighted by molar-refractivity contribution is 7.92. The summed E-state index contributed by atoms with van der Waals surface area (Å²) >= 11 is 0. The number of aliphatic carboxylic acids is 2. The summed E-state index contributed by atoms with van der Waals surface area (Å²) < 4.78 is 44.6. The molecule has 39 heavy (non-hydrogen) atoms. The van der Waals surface area contributed by atoms with Crippen LogP contribution in [0.2, 0.25) is 0 Å². The van der Waals surface area contributed by atoms with Gasteiger partial charge in [-0.15, -0.1) is 0 Å². The van der Waals surface area contributed by atoms with Crippen LogP contribution in [0.1, 0.15) is 11.7 Å². The first-order chi connectivity index (χ1) is 18.7. The van der Waals surface area contributed by atoms with Crippen LogP contribution >= 0.6 is 0 Å². The van der Waals surface area contributed by atoms with E-state index in [0.29, 0.717) is 22.1 Å². The van der Waals surface area contributed by atoms with Crippen LogP contribution in [0, 0.1) is 0 Å². The van der Waals surface area contributed by atoms with Crippen LogP contribution in [-0.4, -0.2) is 51.3 Å². The van der Waals surface area contributed by atoms with E-state index < -0.39 is 34.6 Å². The van der Waals surface area contributed by atoms with Crippen molar-refractivity contribution in [2.75, 3.05) is 25.1 Å². The van der Waals surface area contributed by atoms with Gasteiger partial charge in [-0.05, 0) is 24.3 Å². The Balaban J connectivity index is 1.85. The van der Waals surface area contributed by atoms with Gasteiger partial charge in [0.15, 0.2) is 11.5 Å². The normalized spacial score (nSPS) is 11.9. The molecule has 0 aliphatic carbocycles. The van der Waals surface area contributed by atoms with E-state index in [1.807, 2.05) is 0 Å². The van der Waals surface area contributed by atoms with Crippen molar-refractivity contribution in [2.45, 2.75) is 11.0 Å². The monoisotopic (exact) mass is 551 g/mol. The standard InChI is InChI=1S/C28H25NO9S/c1-36-24-14-12-19(16-25(24)37-2)39(34,35)29(17-26(30)31)22-13-15-23(21-11-7-6-10-20(21)22)38-27(28(32)33)18-8-4-3-5-9-18/h3-16,27H,17H2,1-2H3,(H,30,31)(H,32,33). The molecule has 4 aromatic carbocycles. The molecule has 0 aliphatic heterocycles. The molecule has 0 radical (unpaired) electrons. The fourth-order valence-electron chi connectivity index (χ4n) is 4.12. The van der Waals surface area contributed by atoms with Crippen molar-refractivity contribution in [3.63, 3.8) is 0 Å². The number of hydrogen-bond donors (Lipinski definition) is 2. The number of ether oxygens (including phenoxy) is 3. The van der Waals surface area contributed by atoms with Gasteiger partial charge in [0.25, 0.3) is 10.0 Å². The Labute approximate surface area is 224 Å². The Kier molecular flexibility index (Phi) is 7.91. The summed E-state index contributed by atoms with van der Waals surface area (Å²) in [6, 6.07) is 21.7. The fourth-order valence-corrected chi connectivity index (χ4v) is 5.57. The number of nitrogens with zero attached hydrogens (tertiary/aromatic N) is 1. The third kappa shape index (κ3) is 5.58. The van der Waals surface area contributed by atoms with E-state index in [1.54, 1.807) is 54.6 Å². The van der Waals surface area contributed by atoms with Crippen LogP contribution in [0.3, 0.4) is 0 Å². The Hall–Kier alpha value is -4.77. The largest absolute Gasteiger partial charge is 0.493 e. The van der Waals surface area contributed by atoms with Crippen LogP contribution in [0.5, 0.6) is 17.2 Å². The summed E-state index contributed by atoms with van der Waals surface area (Å²) in [7, 11) is -1.64. The molecule has 0 bridgehead atoms. The van der Waals surface area contributed by atoms with Crippen molar-refractivity contribution < 1.29 is 42.4 Å². The minimum Gasteiger partial charge on any atom is -0.493 e. The van der Waals surface area contributed by atoms with Crippen molar-refractivity contribution in [2.24, 2.45) is 0 Å². The van der Waals surface area contributed by atoms with Crippen LogP contribution < -0.4 is 18.5 Å². The van der Waals surface area contributed by atoms with E-state index in [4.69, 9.17) is 14.2 Å². The molecule has 0 spiro atoms. The molecule has 0 aliphatic rings. The fraction of sp³-hybridized carbons (Fsp3) is 0.143. The molecule has 0 aromatic heterocycles. The molecular weight excluding hydrogens is 526 g/mol. The molecule has 0 fully saturated rings. The Morgan fingerprint density at radius 1 is 0.795 bits per heavy atom. The highest BCUT2D eigenvalue weighted by atomic mass is 32.2. The second kappa shape index (κ2) is 11.3. The first kappa shape index (κ1) is 27.3. The lowest BCUT2D eigenvalue weighted by atomic mass is 10.1. The topological polar surface area (TPSA) is 140 Å². The lowest BCUT2D eigenvalue weighted by Gasteiger charge is -2.26. The molecular formula is C28H25NO9S. The SMILES string of the molecule is COc1ccc(S(=O)(=O)N(CC(=O)O)c2ccc(OC(C(=O)O)c3ccccc3)c3ccccc23)cc1OC. The molecule has 10 nitrogen and oxygen atoms in total. The van der Waals surface area contributed by atoms with Gasteiger partial charge in [-0.1, -0.05) is 54.6 Å².